The van der Waals surface area contributed by atoms with E-state index >= 15 is 0 Å². The molecule has 0 saturated carbocycles. The number of quaternary nitrogens is 2. The van der Waals surface area contributed by atoms with Gasteiger partial charge in [-0.1, -0.05) is 0 Å². The Labute approximate surface area is 116 Å². The summed E-state index contributed by atoms with van der Waals surface area (Å²) in [5, 5.41) is 18.5. The molecule has 0 amide bonds. The highest BCUT2D eigenvalue weighted by Gasteiger charge is 2.14. The molecular formula is C5H16I2N2O6P+. The van der Waals surface area contributed by atoms with Crippen LogP contribution >= 0.6 is 44.8 Å². The molecule has 0 aromatic carbocycles. The average Bonchev–Trinajstić information content (AvgIpc) is 2.19. The van der Waals surface area contributed by atoms with Gasteiger partial charge in [-0.25, -0.2) is 0 Å². The van der Waals surface area contributed by atoms with E-state index in [1.807, 2.05) is 0 Å². The zero-order chi connectivity index (χ0) is 13.6. The largest absolute Gasteiger partial charge is 0.544 e. The van der Waals surface area contributed by atoms with Crippen molar-refractivity contribution >= 4 is 50.8 Å². The first kappa shape index (κ1) is 22.2. The minimum Gasteiger partial charge on any atom is -0.544 e. The van der Waals surface area contributed by atoms with Crippen molar-refractivity contribution in [2.24, 2.45) is 0 Å². The van der Waals surface area contributed by atoms with Crippen molar-refractivity contribution in [2.45, 2.75) is 0 Å². The highest BCUT2D eigenvalue weighted by Crippen LogP contribution is 2.29. The number of aliphatic carboxylic acids is 1. The van der Waals surface area contributed by atoms with Crippen LogP contribution in [0.15, 0.2) is 0 Å². The summed E-state index contributed by atoms with van der Waals surface area (Å²) in [6.07, 6.45) is -0.513. The Kier molecular flexibility index (Phi) is 22.1. The first-order valence-electron chi connectivity index (χ1n) is 3.94. The molecule has 0 unspecified atom stereocenters. The van der Waals surface area contributed by atoms with E-state index in [0.29, 0.717) is 6.54 Å². The van der Waals surface area contributed by atoms with Crippen LogP contribution in [0.25, 0.3) is 0 Å². The van der Waals surface area contributed by atoms with Gasteiger partial charge in [0.25, 0.3) is 0 Å². The van der Waals surface area contributed by atoms with Crippen molar-refractivity contribution in [3.8, 4) is 0 Å². The van der Waals surface area contributed by atoms with Gasteiger partial charge in [0.05, 0.1) is 19.1 Å². The van der Waals surface area contributed by atoms with Crippen molar-refractivity contribution < 1.29 is 40.4 Å². The monoisotopic (exact) mass is 485 g/mol. The van der Waals surface area contributed by atoms with Gasteiger partial charge < -0.3 is 35.8 Å². The van der Waals surface area contributed by atoms with E-state index in [0.717, 1.165) is 5.32 Å². The summed E-state index contributed by atoms with van der Waals surface area (Å²) in [4.78, 5) is 26.1. The quantitative estimate of drug-likeness (QED) is 0.200. The molecule has 16 heavy (non-hydrogen) atoms. The maximum Gasteiger partial charge on any atom is 0.379 e. The number of nitrogens with two attached hydrogens (primary N) is 1. The van der Waals surface area contributed by atoms with Crippen LogP contribution in [0.4, 0.5) is 0 Å². The second kappa shape index (κ2) is 16.0. The van der Waals surface area contributed by atoms with Crippen LogP contribution < -0.4 is 16.2 Å². The molecule has 8 nitrogen and oxygen atoms in total. The van der Waals surface area contributed by atoms with Crippen LogP contribution in [0.2, 0.25) is 0 Å². The number of rotatable bonds is 5. The van der Waals surface area contributed by atoms with Gasteiger partial charge in [-0.3, -0.25) is 4.57 Å². The van der Waals surface area contributed by atoms with Crippen LogP contribution in [0.1, 0.15) is 0 Å². The predicted octanol–water partition coefficient (Wildman–Crippen LogP) is -3.57. The van der Waals surface area contributed by atoms with Crippen molar-refractivity contribution in [2.75, 3.05) is 26.0 Å². The summed E-state index contributed by atoms with van der Waals surface area (Å²) in [5.74, 6) is -1.34. The molecule has 0 aliphatic carbocycles. The van der Waals surface area contributed by atoms with Gasteiger partial charge in [-0.05, 0) is 0 Å². The summed E-state index contributed by atoms with van der Waals surface area (Å²) in [6, 6.07) is 0. The Balaban J connectivity index is -0.000000237. The molecule has 0 aliphatic heterocycles. The number of halogens is 2. The molecule has 0 fully saturated rings. The fourth-order valence-corrected chi connectivity index (χ4v) is 0.816. The number of carbonyl (C=O) groups is 1. The highest BCUT2D eigenvalue weighted by molar-refractivity contribution is 15.0. The first-order chi connectivity index (χ1) is 7.33. The zero-order valence-electron chi connectivity index (χ0n) is 8.38. The van der Waals surface area contributed by atoms with Gasteiger partial charge in [0, 0.05) is 37.2 Å². The van der Waals surface area contributed by atoms with Crippen LogP contribution in [-0.2, 0) is 9.36 Å². The molecule has 11 heteroatoms. The minimum absolute atomic E-state index is 0.208. The first-order valence-corrected chi connectivity index (χ1v) is 12.0. The Bertz CT molecular complexity index is 199. The fraction of sp³-hybridized carbons (Fsp3) is 0.800. The fourth-order valence-electron chi connectivity index (χ4n) is 0.351. The molecule has 0 spiro atoms. The maximum absolute atomic E-state index is 10.1. The van der Waals surface area contributed by atoms with Crippen molar-refractivity contribution in [3.05, 3.63) is 0 Å². The molecule has 0 atom stereocenters. The lowest BCUT2D eigenvalue weighted by Crippen LogP contribution is -2.86. The van der Waals surface area contributed by atoms with Crippen molar-refractivity contribution in [3.63, 3.8) is 0 Å². The molecule has 8 N–H and O–H groups in total. The summed E-state index contributed by atoms with van der Waals surface area (Å²) in [6.45, 7) is 0.408. The molecular weight excluding hydrogens is 469 g/mol. The summed E-state index contributed by atoms with van der Waals surface area (Å²) >= 11 is 4.24. The van der Waals surface area contributed by atoms with Gasteiger partial charge in [0.1, 0.15) is 6.54 Å². The SMILES string of the molecule is II.O=C([O-])C[NH2+]CP(=O)(O)O.[NH3+]CCO. The third-order valence-electron chi connectivity index (χ3n) is 0.836. The Morgan fingerprint density at radius 3 is 2.00 bits per heavy atom. The molecule has 0 aromatic rings. The van der Waals surface area contributed by atoms with E-state index in [1.165, 1.54) is 0 Å². The average molecular weight is 485 g/mol. The number of hydrogen-bond acceptors (Lipinski definition) is 4. The number of aliphatic hydroxyl groups is 1. The Morgan fingerprint density at radius 2 is 1.81 bits per heavy atom. The van der Waals surface area contributed by atoms with E-state index in [9.17, 15) is 14.5 Å². The zero-order valence-corrected chi connectivity index (χ0v) is 13.6. The Morgan fingerprint density at radius 1 is 1.44 bits per heavy atom. The third-order valence-corrected chi connectivity index (χ3v) is 1.57. The molecule has 100 valence electrons. The van der Waals surface area contributed by atoms with E-state index < -0.39 is 26.4 Å². The Hall–Kier alpha value is 0.960. The van der Waals surface area contributed by atoms with Gasteiger partial charge in [-0.15, -0.1) is 0 Å². The smallest absolute Gasteiger partial charge is 0.379 e. The normalized spacial score (nSPS) is 9.38. The van der Waals surface area contributed by atoms with Gasteiger partial charge >= 0.3 is 7.60 Å². The third kappa shape index (κ3) is 36.3. The lowest BCUT2D eigenvalue weighted by atomic mass is 10.7. The van der Waals surface area contributed by atoms with Gasteiger partial charge in [-0.2, -0.15) is 0 Å². The molecule has 0 bridgehead atoms. The number of aliphatic hydroxyl groups excluding tert-OH is 1. The molecule has 0 radical (unpaired) electrons. The number of hydrogen-bond donors (Lipinski definition) is 5. The molecule has 0 rings (SSSR count). The minimum atomic E-state index is -4.07. The molecule has 0 aliphatic rings. The standard InChI is InChI=1S/C3H8NO5P.C2H7NO.I2/c5-3(6)1-4-2-10(7,8)9;3-1-2-4;1-2/h4H,1-2H2,(H,5,6)(H2,7,8,9);4H,1-3H2;/p+1. The van der Waals surface area contributed by atoms with Gasteiger partial charge in [0.2, 0.25) is 0 Å². The lowest BCUT2D eigenvalue weighted by molar-refractivity contribution is -0.635. The summed E-state index contributed by atoms with van der Waals surface area (Å²) in [7, 11) is -4.07. The summed E-state index contributed by atoms with van der Waals surface area (Å²) < 4.78 is 10.1. The summed E-state index contributed by atoms with van der Waals surface area (Å²) in [5.41, 5.74) is 3.35. The van der Waals surface area contributed by atoms with E-state index in [-0.39, 0.29) is 6.61 Å². The molecule has 0 saturated heterocycles. The number of carboxylic acid groups (broad SMARTS) is 1. The van der Waals surface area contributed by atoms with E-state index in [4.69, 9.17) is 14.9 Å². The lowest BCUT2D eigenvalue weighted by Gasteiger charge is -2.02. The topological polar surface area (TPSA) is 162 Å². The van der Waals surface area contributed by atoms with E-state index in [2.05, 4.69) is 43.0 Å². The van der Waals surface area contributed by atoms with Crippen LogP contribution in [-0.4, -0.2) is 46.8 Å². The molecule has 0 aromatic heterocycles. The predicted molar refractivity (Wildman–Crippen MR) is 71.6 cm³/mol. The highest BCUT2D eigenvalue weighted by atomic mass is 128. The van der Waals surface area contributed by atoms with Crippen LogP contribution in [0.5, 0.6) is 0 Å². The maximum atomic E-state index is 10.1. The van der Waals surface area contributed by atoms with Crippen molar-refractivity contribution in [1.29, 1.82) is 0 Å². The van der Waals surface area contributed by atoms with Gasteiger partial charge in [0.15, 0.2) is 6.29 Å². The van der Waals surface area contributed by atoms with Crippen LogP contribution in [0.3, 0.4) is 0 Å². The second-order valence-corrected chi connectivity index (χ2v) is 3.98. The van der Waals surface area contributed by atoms with E-state index in [1.54, 1.807) is 0 Å². The van der Waals surface area contributed by atoms with Crippen molar-refractivity contribution in [1.82, 2.24) is 0 Å². The number of carboxylic acids is 1. The molecule has 0 heterocycles. The second-order valence-electron chi connectivity index (χ2n) is 2.29. The number of carbonyl (C=O) groups excluding carboxylic acids is 1. The van der Waals surface area contributed by atoms with Crippen LogP contribution in [0, 0.1) is 0 Å².